The third-order valence-corrected chi connectivity index (χ3v) is 2.70. The van der Waals surface area contributed by atoms with Crippen molar-refractivity contribution in [2.24, 2.45) is 0 Å². The van der Waals surface area contributed by atoms with Crippen LogP contribution in [0.1, 0.15) is 13.8 Å². The molecule has 0 saturated carbocycles. The largest absolute Gasteiger partial charge is 0.497 e. The van der Waals surface area contributed by atoms with E-state index in [1.807, 2.05) is 32.0 Å². The van der Waals surface area contributed by atoms with E-state index in [4.69, 9.17) is 9.47 Å². The number of methoxy groups -OCH3 is 1. The van der Waals surface area contributed by atoms with Gasteiger partial charge in [-0.1, -0.05) is 0 Å². The Kier molecular flexibility index (Phi) is 3.15. The van der Waals surface area contributed by atoms with Crippen LogP contribution in [-0.2, 0) is 0 Å². The Labute approximate surface area is 102 Å². The van der Waals surface area contributed by atoms with Crippen LogP contribution in [0.5, 0.6) is 11.5 Å². The monoisotopic (exact) mass is 237 g/mol. The van der Waals surface area contributed by atoms with Gasteiger partial charge in [-0.15, -0.1) is 0 Å². The van der Waals surface area contributed by atoms with Crippen LogP contribution < -0.4 is 14.4 Å². The number of fused-ring (bicyclic) bond motifs is 1. The van der Waals surface area contributed by atoms with Gasteiger partial charge in [0.15, 0.2) is 0 Å². The van der Waals surface area contributed by atoms with Crippen LogP contribution in [0, 0.1) is 0 Å². The minimum atomic E-state index is -0.714. The summed E-state index contributed by atoms with van der Waals surface area (Å²) in [5.74, 6) is 1.61. The zero-order valence-electron chi connectivity index (χ0n) is 10.6. The molecular weight excluding hydrogens is 218 g/mol. The van der Waals surface area contributed by atoms with E-state index in [1.165, 1.54) is 0 Å². The second kappa shape index (κ2) is 4.45. The normalized spacial score (nSPS) is 15.2. The van der Waals surface area contributed by atoms with Crippen LogP contribution in [0.2, 0.25) is 0 Å². The van der Waals surface area contributed by atoms with Gasteiger partial charge in [0.1, 0.15) is 18.1 Å². The van der Waals surface area contributed by atoms with Gasteiger partial charge in [0, 0.05) is 12.6 Å². The van der Waals surface area contributed by atoms with E-state index in [0.29, 0.717) is 13.2 Å². The van der Waals surface area contributed by atoms with Gasteiger partial charge >= 0.3 is 0 Å². The summed E-state index contributed by atoms with van der Waals surface area (Å²) < 4.78 is 10.8. The van der Waals surface area contributed by atoms with E-state index in [9.17, 15) is 5.11 Å². The Bertz CT molecular complexity index is 398. The third-order valence-electron chi connectivity index (χ3n) is 2.70. The first-order valence-electron chi connectivity index (χ1n) is 5.78. The van der Waals surface area contributed by atoms with Crippen LogP contribution in [0.4, 0.5) is 5.69 Å². The molecule has 4 heteroatoms. The fourth-order valence-electron chi connectivity index (χ4n) is 2.02. The smallest absolute Gasteiger partial charge is 0.146 e. The number of nitrogens with zero attached hydrogens (tertiary/aromatic N) is 1. The lowest BCUT2D eigenvalue weighted by Gasteiger charge is -2.35. The maximum Gasteiger partial charge on any atom is 0.146 e. The molecule has 0 spiro atoms. The van der Waals surface area contributed by atoms with Gasteiger partial charge in [0.25, 0.3) is 0 Å². The highest BCUT2D eigenvalue weighted by Gasteiger charge is 2.24. The van der Waals surface area contributed by atoms with Crippen molar-refractivity contribution in [3.05, 3.63) is 18.2 Å². The first-order valence-corrected chi connectivity index (χ1v) is 5.78. The number of β-amino-alcohol motifs (C(OH)–C–C–N with tert-alkyl or cyclic N) is 1. The number of benzene rings is 1. The van der Waals surface area contributed by atoms with E-state index < -0.39 is 5.60 Å². The summed E-state index contributed by atoms with van der Waals surface area (Å²) >= 11 is 0. The minimum absolute atomic E-state index is 0.593. The van der Waals surface area contributed by atoms with Crippen LogP contribution in [0.25, 0.3) is 0 Å². The van der Waals surface area contributed by atoms with Gasteiger partial charge < -0.3 is 19.5 Å². The molecule has 0 amide bonds. The molecule has 0 aliphatic carbocycles. The SMILES string of the molecule is COc1ccc2c(c1)OCCN2CC(C)(C)O. The maximum atomic E-state index is 9.89. The van der Waals surface area contributed by atoms with Crippen molar-refractivity contribution in [2.45, 2.75) is 19.4 Å². The van der Waals surface area contributed by atoms with Gasteiger partial charge in [0.2, 0.25) is 0 Å². The lowest BCUT2D eigenvalue weighted by atomic mass is 10.1. The predicted molar refractivity (Wildman–Crippen MR) is 67.0 cm³/mol. The van der Waals surface area contributed by atoms with Crippen molar-refractivity contribution in [3.63, 3.8) is 0 Å². The highest BCUT2D eigenvalue weighted by Crippen LogP contribution is 2.35. The molecule has 0 radical (unpaired) electrons. The summed E-state index contributed by atoms with van der Waals surface area (Å²) in [7, 11) is 1.64. The van der Waals surface area contributed by atoms with E-state index in [-0.39, 0.29) is 0 Å². The lowest BCUT2D eigenvalue weighted by molar-refractivity contribution is 0.0855. The molecule has 4 nitrogen and oxygen atoms in total. The molecule has 94 valence electrons. The quantitative estimate of drug-likeness (QED) is 0.868. The Morgan fingerprint density at radius 1 is 1.47 bits per heavy atom. The number of anilines is 1. The molecule has 0 aromatic heterocycles. The number of hydrogen-bond acceptors (Lipinski definition) is 4. The van der Waals surface area contributed by atoms with Gasteiger partial charge in [0.05, 0.1) is 24.9 Å². The molecule has 0 fully saturated rings. The van der Waals surface area contributed by atoms with Crippen LogP contribution in [0.3, 0.4) is 0 Å². The molecule has 1 aromatic carbocycles. The molecule has 0 atom stereocenters. The van der Waals surface area contributed by atoms with Crippen molar-refractivity contribution in [1.82, 2.24) is 0 Å². The molecular formula is C13H19NO3. The van der Waals surface area contributed by atoms with Crippen LogP contribution in [-0.4, -0.2) is 37.5 Å². The van der Waals surface area contributed by atoms with E-state index in [0.717, 1.165) is 23.7 Å². The standard InChI is InChI=1S/C13H19NO3/c1-13(2,15)9-14-6-7-17-12-8-10(16-3)4-5-11(12)14/h4-5,8,15H,6-7,9H2,1-3H3. The average Bonchev–Trinajstić information content (AvgIpc) is 2.26. The van der Waals surface area contributed by atoms with Crippen molar-refractivity contribution < 1.29 is 14.6 Å². The van der Waals surface area contributed by atoms with Gasteiger partial charge in [-0.3, -0.25) is 0 Å². The van der Waals surface area contributed by atoms with Crippen molar-refractivity contribution >= 4 is 5.69 Å². The first kappa shape index (κ1) is 12.0. The molecule has 0 bridgehead atoms. The summed E-state index contributed by atoms with van der Waals surface area (Å²) in [6, 6.07) is 5.76. The molecule has 1 heterocycles. The van der Waals surface area contributed by atoms with E-state index in [1.54, 1.807) is 7.11 Å². The van der Waals surface area contributed by atoms with E-state index in [2.05, 4.69) is 4.90 Å². The number of aliphatic hydroxyl groups is 1. The van der Waals surface area contributed by atoms with Crippen molar-refractivity contribution in [3.8, 4) is 11.5 Å². The molecule has 1 N–H and O–H groups in total. The van der Waals surface area contributed by atoms with Crippen molar-refractivity contribution in [1.29, 1.82) is 0 Å². The second-order valence-electron chi connectivity index (χ2n) is 4.92. The zero-order chi connectivity index (χ0) is 12.5. The van der Waals surface area contributed by atoms with Gasteiger partial charge in [-0.25, -0.2) is 0 Å². The topological polar surface area (TPSA) is 41.9 Å². The Balaban J connectivity index is 2.25. The Morgan fingerprint density at radius 2 is 2.24 bits per heavy atom. The molecule has 0 unspecified atom stereocenters. The average molecular weight is 237 g/mol. The van der Waals surface area contributed by atoms with Gasteiger partial charge in [-0.2, -0.15) is 0 Å². The minimum Gasteiger partial charge on any atom is -0.497 e. The summed E-state index contributed by atoms with van der Waals surface area (Å²) in [4.78, 5) is 2.14. The molecule has 0 saturated heterocycles. The molecule has 1 aromatic rings. The Morgan fingerprint density at radius 3 is 2.88 bits per heavy atom. The van der Waals surface area contributed by atoms with Crippen LogP contribution in [0.15, 0.2) is 18.2 Å². The van der Waals surface area contributed by atoms with Crippen LogP contribution >= 0.6 is 0 Å². The zero-order valence-corrected chi connectivity index (χ0v) is 10.6. The number of ether oxygens (including phenoxy) is 2. The summed E-state index contributed by atoms with van der Waals surface area (Å²) in [5.41, 5.74) is 0.299. The molecule has 1 aliphatic rings. The summed E-state index contributed by atoms with van der Waals surface area (Å²) in [6.45, 7) is 5.65. The van der Waals surface area contributed by atoms with Crippen molar-refractivity contribution in [2.75, 3.05) is 31.7 Å². The summed E-state index contributed by atoms with van der Waals surface area (Å²) in [5, 5.41) is 9.89. The molecule has 1 aliphatic heterocycles. The molecule has 2 rings (SSSR count). The summed E-state index contributed by atoms with van der Waals surface area (Å²) in [6.07, 6.45) is 0. The highest BCUT2D eigenvalue weighted by atomic mass is 16.5. The highest BCUT2D eigenvalue weighted by molar-refractivity contribution is 5.62. The third kappa shape index (κ3) is 2.82. The first-order chi connectivity index (χ1) is 7.99. The number of rotatable bonds is 3. The predicted octanol–water partition coefficient (Wildman–Crippen LogP) is 1.66. The fraction of sp³-hybridized carbons (Fsp3) is 0.538. The fourth-order valence-corrected chi connectivity index (χ4v) is 2.02. The van der Waals surface area contributed by atoms with E-state index >= 15 is 0 Å². The Hall–Kier alpha value is -1.42. The second-order valence-corrected chi connectivity index (χ2v) is 4.92. The van der Waals surface area contributed by atoms with Gasteiger partial charge in [-0.05, 0) is 26.0 Å². The lowest BCUT2D eigenvalue weighted by Crippen LogP contribution is -2.42. The molecule has 17 heavy (non-hydrogen) atoms. The maximum absolute atomic E-state index is 9.89. The number of hydrogen-bond donors (Lipinski definition) is 1.